The van der Waals surface area contributed by atoms with Gasteiger partial charge < -0.3 is 10.1 Å². The molecule has 4 rings (SSSR count). The van der Waals surface area contributed by atoms with E-state index >= 15 is 0 Å². The highest BCUT2D eigenvalue weighted by molar-refractivity contribution is 5.82. The maximum atomic E-state index is 12.5. The van der Waals surface area contributed by atoms with Crippen LogP contribution in [-0.2, 0) is 17.8 Å². The number of aromatic amines is 1. The molecule has 0 unspecified atom stereocenters. The number of carbonyl (C=O) groups is 1. The van der Waals surface area contributed by atoms with E-state index in [1.54, 1.807) is 4.52 Å². The van der Waals surface area contributed by atoms with Gasteiger partial charge in [-0.15, -0.1) is 0 Å². The summed E-state index contributed by atoms with van der Waals surface area (Å²) in [4.78, 5) is 28.4. The van der Waals surface area contributed by atoms with Gasteiger partial charge in [-0.1, -0.05) is 18.2 Å². The lowest BCUT2D eigenvalue weighted by molar-refractivity contribution is -0.127. The fourth-order valence-corrected chi connectivity index (χ4v) is 3.23. The average molecular weight is 338 g/mol. The van der Waals surface area contributed by atoms with Crippen molar-refractivity contribution in [3.8, 4) is 5.75 Å². The molecule has 3 aromatic rings. The van der Waals surface area contributed by atoms with Gasteiger partial charge in [0.25, 0.3) is 11.5 Å². The maximum absolute atomic E-state index is 12.5. The second-order valence-electron chi connectivity index (χ2n) is 6.21. The van der Waals surface area contributed by atoms with Crippen LogP contribution in [0.15, 0.2) is 35.1 Å². The number of hydrogen-bond acceptors (Lipinski definition) is 4. The predicted molar refractivity (Wildman–Crippen MR) is 91.7 cm³/mol. The van der Waals surface area contributed by atoms with Gasteiger partial charge in [-0.25, -0.2) is 9.50 Å². The number of aromatic nitrogens is 3. The third-order valence-electron chi connectivity index (χ3n) is 4.58. The van der Waals surface area contributed by atoms with Crippen LogP contribution in [0.2, 0.25) is 0 Å². The highest BCUT2D eigenvalue weighted by Gasteiger charge is 2.28. The smallest absolute Gasteiger partial charge is 0.266 e. The number of fused-ring (bicyclic) bond motifs is 2. The quantitative estimate of drug-likeness (QED) is 0.752. The van der Waals surface area contributed by atoms with Crippen LogP contribution in [0, 0.1) is 13.8 Å². The molecular formula is C18H18N4O3. The van der Waals surface area contributed by atoms with E-state index in [1.807, 2.05) is 38.1 Å². The summed E-state index contributed by atoms with van der Waals surface area (Å²) in [6, 6.07) is 9.12. The minimum Gasteiger partial charge on any atom is -0.480 e. The summed E-state index contributed by atoms with van der Waals surface area (Å²) < 4.78 is 7.35. The molecule has 25 heavy (non-hydrogen) atoms. The normalized spacial score (nSPS) is 15.8. The summed E-state index contributed by atoms with van der Waals surface area (Å²) in [6.07, 6.45) is 0.0587. The van der Waals surface area contributed by atoms with Gasteiger partial charge in [0.2, 0.25) is 0 Å². The molecule has 1 aliphatic heterocycles. The van der Waals surface area contributed by atoms with Crippen LogP contribution < -0.4 is 15.6 Å². The molecule has 2 N–H and O–H groups in total. The zero-order valence-electron chi connectivity index (χ0n) is 14.0. The number of aryl methyl sites for hydroxylation is 2. The van der Waals surface area contributed by atoms with Crippen molar-refractivity contribution in [3.63, 3.8) is 0 Å². The Bertz CT molecular complexity index is 1010. The molecule has 0 radical (unpaired) electrons. The van der Waals surface area contributed by atoms with Crippen LogP contribution in [0.4, 0.5) is 0 Å². The number of carbonyl (C=O) groups excluding carboxylic acids is 1. The molecule has 1 aromatic carbocycles. The van der Waals surface area contributed by atoms with Crippen LogP contribution in [-0.4, -0.2) is 26.6 Å². The number of hydrogen-bond donors (Lipinski definition) is 2. The molecule has 0 spiro atoms. The van der Waals surface area contributed by atoms with Gasteiger partial charge in [0.1, 0.15) is 5.75 Å². The molecule has 7 nitrogen and oxygen atoms in total. The lowest BCUT2D eigenvalue weighted by atomic mass is 10.1. The molecule has 3 heterocycles. The predicted octanol–water partition coefficient (Wildman–Crippen LogP) is 1.26. The average Bonchev–Trinajstić information content (AvgIpc) is 3.17. The maximum Gasteiger partial charge on any atom is 0.266 e. The Labute approximate surface area is 143 Å². The second kappa shape index (κ2) is 5.77. The van der Waals surface area contributed by atoms with E-state index in [4.69, 9.17) is 4.74 Å². The third kappa shape index (κ3) is 2.67. The summed E-state index contributed by atoms with van der Waals surface area (Å²) in [5.74, 6) is 0.610. The zero-order chi connectivity index (χ0) is 17.6. The summed E-state index contributed by atoms with van der Waals surface area (Å²) in [5, 5.41) is 5.63. The number of H-pyrrole nitrogens is 1. The van der Waals surface area contributed by atoms with Crippen LogP contribution >= 0.6 is 0 Å². The van der Waals surface area contributed by atoms with Crippen molar-refractivity contribution in [3.05, 3.63) is 63.2 Å². The number of nitrogens with one attached hydrogen (secondary N) is 2. The van der Waals surface area contributed by atoms with Gasteiger partial charge in [-0.05, 0) is 25.5 Å². The Morgan fingerprint density at radius 2 is 2.20 bits per heavy atom. The lowest BCUT2D eigenvalue weighted by Crippen LogP contribution is -2.37. The van der Waals surface area contributed by atoms with Crippen molar-refractivity contribution in [1.29, 1.82) is 0 Å². The minimum absolute atomic E-state index is 0.156. The van der Waals surface area contributed by atoms with Crippen molar-refractivity contribution < 1.29 is 9.53 Å². The fraction of sp³-hybridized carbons (Fsp3) is 0.278. The standard InChI is InChI=1S/C18H18N4O3/c1-10-13(11(2)22-16(20-10)8-17(23)21-22)9-19-18(24)15-7-12-5-3-4-6-14(12)25-15/h3-6,8,15H,7,9H2,1-2H3,(H,19,24)(H,21,23)/t15-/m1/s1. The van der Waals surface area contributed by atoms with E-state index in [1.165, 1.54) is 6.07 Å². The Balaban J connectivity index is 1.51. The highest BCUT2D eigenvalue weighted by atomic mass is 16.5. The van der Waals surface area contributed by atoms with Gasteiger partial charge in [0.05, 0.1) is 0 Å². The number of nitrogens with zero attached hydrogens (tertiary/aromatic N) is 2. The molecule has 1 amide bonds. The van der Waals surface area contributed by atoms with E-state index in [0.717, 1.165) is 28.3 Å². The molecule has 1 aliphatic rings. The van der Waals surface area contributed by atoms with Gasteiger partial charge in [-0.2, -0.15) is 0 Å². The number of ether oxygens (including phenoxy) is 1. The number of benzene rings is 1. The molecule has 0 fully saturated rings. The van der Waals surface area contributed by atoms with Crippen LogP contribution in [0.1, 0.15) is 22.5 Å². The molecule has 7 heteroatoms. The van der Waals surface area contributed by atoms with Gasteiger partial charge in [-0.3, -0.25) is 14.7 Å². The van der Waals surface area contributed by atoms with Crippen molar-refractivity contribution >= 4 is 11.6 Å². The van der Waals surface area contributed by atoms with E-state index in [-0.39, 0.29) is 11.5 Å². The van der Waals surface area contributed by atoms with E-state index in [9.17, 15) is 9.59 Å². The molecule has 128 valence electrons. The van der Waals surface area contributed by atoms with Crippen LogP contribution in [0.25, 0.3) is 5.65 Å². The first-order valence-corrected chi connectivity index (χ1v) is 8.13. The largest absolute Gasteiger partial charge is 0.480 e. The summed E-state index contributed by atoms with van der Waals surface area (Å²) in [7, 11) is 0. The Kier molecular flexibility index (Phi) is 3.56. The lowest BCUT2D eigenvalue weighted by Gasteiger charge is -2.14. The molecule has 0 saturated heterocycles. The van der Waals surface area contributed by atoms with Crippen molar-refractivity contribution in [2.45, 2.75) is 32.9 Å². The minimum atomic E-state index is -0.513. The summed E-state index contributed by atoms with van der Waals surface area (Å²) in [5.41, 5.74) is 3.93. The Morgan fingerprint density at radius 1 is 1.40 bits per heavy atom. The summed E-state index contributed by atoms with van der Waals surface area (Å²) in [6.45, 7) is 4.09. The molecule has 0 bridgehead atoms. The first-order valence-electron chi connectivity index (χ1n) is 8.13. The molecular weight excluding hydrogens is 320 g/mol. The van der Waals surface area contributed by atoms with E-state index in [2.05, 4.69) is 15.4 Å². The van der Waals surface area contributed by atoms with Gasteiger partial charge >= 0.3 is 0 Å². The van der Waals surface area contributed by atoms with Crippen LogP contribution in [0.3, 0.4) is 0 Å². The molecule has 0 aliphatic carbocycles. The number of amides is 1. The van der Waals surface area contributed by atoms with Crippen LogP contribution in [0.5, 0.6) is 5.75 Å². The van der Waals surface area contributed by atoms with Gasteiger partial charge in [0, 0.05) is 36.0 Å². The van der Waals surface area contributed by atoms with Crippen molar-refractivity contribution in [2.75, 3.05) is 0 Å². The molecule has 0 saturated carbocycles. The molecule has 2 aromatic heterocycles. The van der Waals surface area contributed by atoms with Crippen molar-refractivity contribution in [2.24, 2.45) is 0 Å². The first-order chi connectivity index (χ1) is 12.0. The Morgan fingerprint density at radius 3 is 3.00 bits per heavy atom. The third-order valence-corrected chi connectivity index (χ3v) is 4.58. The zero-order valence-corrected chi connectivity index (χ0v) is 14.0. The summed E-state index contributed by atoms with van der Waals surface area (Å²) >= 11 is 0. The van der Waals surface area contributed by atoms with E-state index < -0.39 is 6.10 Å². The highest BCUT2D eigenvalue weighted by Crippen LogP contribution is 2.28. The van der Waals surface area contributed by atoms with Gasteiger partial charge in [0.15, 0.2) is 11.8 Å². The monoisotopic (exact) mass is 338 g/mol. The number of rotatable bonds is 3. The Hall–Kier alpha value is -3.09. The fourth-order valence-electron chi connectivity index (χ4n) is 3.23. The number of para-hydroxylation sites is 1. The second-order valence-corrected chi connectivity index (χ2v) is 6.21. The molecule has 1 atom stereocenters. The van der Waals surface area contributed by atoms with Crippen molar-refractivity contribution in [1.82, 2.24) is 19.9 Å². The topological polar surface area (TPSA) is 88.5 Å². The van der Waals surface area contributed by atoms with E-state index in [0.29, 0.717) is 18.6 Å². The SMILES string of the molecule is Cc1nc2cc(=O)[nH]n2c(C)c1CNC(=O)[C@H]1Cc2ccccc2O1. The first kappa shape index (κ1) is 15.4.